The number of carbonyl (C=O) groups excluding carboxylic acids is 1. The van der Waals surface area contributed by atoms with Crippen molar-refractivity contribution in [2.24, 2.45) is 0 Å². The molecule has 1 aromatic rings. The first-order chi connectivity index (χ1) is 7.68. The van der Waals surface area contributed by atoms with Crippen LogP contribution in [0.5, 0.6) is 0 Å². The largest absolute Gasteiger partial charge is 0.498 e. The van der Waals surface area contributed by atoms with Crippen LogP contribution in [0, 0.1) is 0 Å². The lowest BCUT2D eigenvalue weighted by Crippen LogP contribution is -2.14. The van der Waals surface area contributed by atoms with Crippen molar-refractivity contribution in [1.82, 2.24) is 0 Å². The van der Waals surface area contributed by atoms with E-state index in [1.807, 2.05) is 38.1 Å². The molecular formula is C14H16O2. The standard InChI is InChI=1S/C14H16O2/c1-10(2)16-9-12-8-7-11-5-3-4-6-13(11)14(12)15/h3-6,9-10H,7-8H2,1-2H3. The van der Waals surface area contributed by atoms with E-state index in [0.29, 0.717) is 0 Å². The van der Waals surface area contributed by atoms with Crippen LogP contribution < -0.4 is 0 Å². The summed E-state index contributed by atoms with van der Waals surface area (Å²) in [6.07, 6.45) is 3.46. The second-order valence-electron chi connectivity index (χ2n) is 4.31. The molecule has 0 aromatic heterocycles. The molecule has 0 fully saturated rings. The summed E-state index contributed by atoms with van der Waals surface area (Å²) in [5, 5.41) is 0. The lowest BCUT2D eigenvalue weighted by Gasteiger charge is -2.17. The number of Topliss-reactive ketones (excluding diaryl/α,β-unsaturated/α-hetero) is 1. The number of carbonyl (C=O) groups is 1. The first-order valence-electron chi connectivity index (χ1n) is 5.65. The van der Waals surface area contributed by atoms with Gasteiger partial charge in [-0.15, -0.1) is 0 Å². The first kappa shape index (κ1) is 10.9. The molecule has 1 aliphatic carbocycles. The highest BCUT2D eigenvalue weighted by atomic mass is 16.5. The Morgan fingerprint density at radius 3 is 2.75 bits per heavy atom. The minimum Gasteiger partial charge on any atom is -0.498 e. The van der Waals surface area contributed by atoms with Crippen molar-refractivity contribution in [2.75, 3.05) is 0 Å². The molecule has 2 rings (SSSR count). The van der Waals surface area contributed by atoms with Gasteiger partial charge in [0.1, 0.15) is 0 Å². The quantitative estimate of drug-likeness (QED) is 0.561. The molecule has 1 aromatic carbocycles. The van der Waals surface area contributed by atoms with Gasteiger partial charge in [0.2, 0.25) is 0 Å². The van der Waals surface area contributed by atoms with Crippen LogP contribution >= 0.6 is 0 Å². The Labute approximate surface area is 95.9 Å². The van der Waals surface area contributed by atoms with Crippen LogP contribution in [0.3, 0.4) is 0 Å². The summed E-state index contributed by atoms with van der Waals surface area (Å²) in [5.74, 6) is 0.113. The number of fused-ring (bicyclic) bond motifs is 1. The highest BCUT2D eigenvalue weighted by Crippen LogP contribution is 2.24. The monoisotopic (exact) mass is 216 g/mol. The number of hydrogen-bond donors (Lipinski definition) is 0. The zero-order chi connectivity index (χ0) is 11.5. The average molecular weight is 216 g/mol. The minimum atomic E-state index is 0.113. The summed E-state index contributed by atoms with van der Waals surface area (Å²) >= 11 is 0. The van der Waals surface area contributed by atoms with Crippen LogP contribution in [-0.4, -0.2) is 11.9 Å². The summed E-state index contributed by atoms with van der Waals surface area (Å²) in [7, 11) is 0. The normalized spacial score (nSPS) is 17.7. The number of benzene rings is 1. The van der Waals surface area contributed by atoms with Gasteiger partial charge in [-0.05, 0) is 32.3 Å². The topological polar surface area (TPSA) is 26.3 Å². The van der Waals surface area contributed by atoms with E-state index in [9.17, 15) is 4.79 Å². The molecule has 0 bridgehead atoms. The fourth-order valence-corrected chi connectivity index (χ4v) is 1.85. The fraction of sp³-hybridized carbons (Fsp3) is 0.357. The van der Waals surface area contributed by atoms with Gasteiger partial charge in [0.25, 0.3) is 0 Å². The van der Waals surface area contributed by atoms with Gasteiger partial charge in [-0.1, -0.05) is 24.3 Å². The van der Waals surface area contributed by atoms with Crippen LogP contribution in [0.1, 0.15) is 36.2 Å². The second kappa shape index (κ2) is 4.52. The molecule has 0 N–H and O–H groups in total. The Kier molecular flexibility index (Phi) is 3.09. The molecule has 16 heavy (non-hydrogen) atoms. The van der Waals surface area contributed by atoms with E-state index in [2.05, 4.69) is 0 Å². The lowest BCUT2D eigenvalue weighted by atomic mass is 9.87. The van der Waals surface area contributed by atoms with Gasteiger partial charge in [0, 0.05) is 11.1 Å². The van der Waals surface area contributed by atoms with Gasteiger partial charge >= 0.3 is 0 Å². The molecule has 0 atom stereocenters. The molecule has 0 amide bonds. The van der Waals surface area contributed by atoms with E-state index in [-0.39, 0.29) is 11.9 Å². The molecule has 0 unspecified atom stereocenters. The van der Waals surface area contributed by atoms with Crippen LogP contribution in [0.4, 0.5) is 0 Å². The molecule has 84 valence electrons. The van der Waals surface area contributed by atoms with Gasteiger partial charge in [-0.25, -0.2) is 0 Å². The Morgan fingerprint density at radius 2 is 2.00 bits per heavy atom. The number of allylic oxidation sites excluding steroid dienone is 1. The third kappa shape index (κ3) is 2.16. The van der Waals surface area contributed by atoms with Crippen molar-refractivity contribution >= 4 is 5.78 Å². The highest BCUT2D eigenvalue weighted by molar-refractivity contribution is 6.10. The lowest BCUT2D eigenvalue weighted by molar-refractivity contribution is 0.101. The van der Waals surface area contributed by atoms with Gasteiger partial charge in [0.15, 0.2) is 5.78 Å². The number of hydrogen-bond acceptors (Lipinski definition) is 2. The van der Waals surface area contributed by atoms with Gasteiger partial charge in [-0.3, -0.25) is 4.79 Å². The van der Waals surface area contributed by atoms with E-state index in [1.165, 1.54) is 0 Å². The average Bonchev–Trinajstić information content (AvgIpc) is 2.28. The molecule has 0 heterocycles. The molecule has 1 aliphatic rings. The van der Waals surface area contributed by atoms with Gasteiger partial charge in [0.05, 0.1) is 12.4 Å². The molecule has 0 aliphatic heterocycles. The molecular weight excluding hydrogens is 200 g/mol. The molecule has 2 nitrogen and oxygen atoms in total. The number of ether oxygens (including phenoxy) is 1. The Hall–Kier alpha value is -1.57. The smallest absolute Gasteiger partial charge is 0.192 e. The molecule has 0 radical (unpaired) electrons. The van der Waals surface area contributed by atoms with Crippen LogP contribution in [0.2, 0.25) is 0 Å². The molecule has 0 spiro atoms. The zero-order valence-electron chi connectivity index (χ0n) is 9.69. The van der Waals surface area contributed by atoms with E-state index in [1.54, 1.807) is 6.26 Å². The first-order valence-corrected chi connectivity index (χ1v) is 5.65. The van der Waals surface area contributed by atoms with E-state index < -0.39 is 0 Å². The molecule has 0 saturated heterocycles. The van der Waals surface area contributed by atoms with Gasteiger partial charge < -0.3 is 4.74 Å². The van der Waals surface area contributed by atoms with Gasteiger partial charge in [-0.2, -0.15) is 0 Å². The Morgan fingerprint density at radius 1 is 1.25 bits per heavy atom. The number of rotatable bonds is 2. The van der Waals surface area contributed by atoms with Crippen molar-refractivity contribution in [3.05, 3.63) is 47.2 Å². The summed E-state index contributed by atoms with van der Waals surface area (Å²) in [4.78, 5) is 12.1. The van der Waals surface area contributed by atoms with Crippen molar-refractivity contribution in [3.63, 3.8) is 0 Å². The SMILES string of the molecule is CC(C)OC=C1CCc2ccccc2C1=O. The maximum Gasteiger partial charge on any atom is 0.192 e. The van der Waals surface area contributed by atoms with Crippen LogP contribution in [0.15, 0.2) is 36.1 Å². The zero-order valence-corrected chi connectivity index (χ0v) is 9.69. The van der Waals surface area contributed by atoms with Crippen molar-refractivity contribution < 1.29 is 9.53 Å². The number of ketones is 1. The maximum absolute atomic E-state index is 12.1. The van der Waals surface area contributed by atoms with Crippen molar-refractivity contribution in [1.29, 1.82) is 0 Å². The molecule has 0 saturated carbocycles. The summed E-state index contributed by atoms with van der Waals surface area (Å²) in [5.41, 5.74) is 2.76. The van der Waals surface area contributed by atoms with E-state index in [4.69, 9.17) is 4.74 Å². The summed E-state index contributed by atoms with van der Waals surface area (Å²) in [6.45, 7) is 3.91. The summed E-state index contributed by atoms with van der Waals surface area (Å²) in [6, 6.07) is 7.79. The van der Waals surface area contributed by atoms with Crippen LogP contribution in [-0.2, 0) is 11.2 Å². The minimum absolute atomic E-state index is 0.113. The maximum atomic E-state index is 12.1. The second-order valence-corrected chi connectivity index (χ2v) is 4.31. The predicted molar refractivity (Wildman–Crippen MR) is 63.4 cm³/mol. The third-order valence-corrected chi connectivity index (χ3v) is 2.70. The third-order valence-electron chi connectivity index (χ3n) is 2.70. The summed E-state index contributed by atoms with van der Waals surface area (Å²) < 4.78 is 5.38. The highest BCUT2D eigenvalue weighted by Gasteiger charge is 2.21. The molecule has 2 heteroatoms. The Bertz CT molecular complexity index is 430. The number of aryl methyl sites for hydroxylation is 1. The van der Waals surface area contributed by atoms with Crippen molar-refractivity contribution in [3.8, 4) is 0 Å². The van der Waals surface area contributed by atoms with E-state index in [0.717, 1.165) is 29.5 Å². The fourth-order valence-electron chi connectivity index (χ4n) is 1.85. The van der Waals surface area contributed by atoms with Crippen molar-refractivity contribution in [2.45, 2.75) is 32.8 Å². The predicted octanol–water partition coefficient (Wildman–Crippen LogP) is 3.12. The Balaban J connectivity index is 2.24. The van der Waals surface area contributed by atoms with E-state index >= 15 is 0 Å². The van der Waals surface area contributed by atoms with Crippen LogP contribution in [0.25, 0.3) is 0 Å².